The number of rotatable bonds is 6. The van der Waals surface area contributed by atoms with E-state index >= 15 is 0 Å². The van der Waals surface area contributed by atoms with Gasteiger partial charge in [0.1, 0.15) is 5.82 Å². The van der Waals surface area contributed by atoms with Crippen LogP contribution in [0.5, 0.6) is 0 Å². The van der Waals surface area contributed by atoms with E-state index < -0.39 is 0 Å². The van der Waals surface area contributed by atoms with E-state index in [0.29, 0.717) is 6.04 Å². The summed E-state index contributed by atoms with van der Waals surface area (Å²) in [5.74, 6) is -0.355. The van der Waals surface area contributed by atoms with E-state index in [4.69, 9.17) is 11.6 Å². The minimum atomic E-state index is -0.355. The fourth-order valence-corrected chi connectivity index (χ4v) is 2.30. The van der Waals surface area contributed by atoms with Crippen molar-refractivity contribution in [1.29, 1.82) is 0 Å². The Morgan fingerprint density at radius 2 is 2.15 bits per heavy atom. The van der Waals surface area contributed by atoms with Gasteiger partial charge in [-0.05, 0) is 55.6 Å². The van der Waals surface area contributed by atoms with E-state index in [1.165, 1.54) is 11.6 Å². The Labute approximate surface area is 124 Å². The number of likely N-dealkylation sites (N-methyl/N-ethyl adjacent to an activating group) is 1. The lowest BCUT2D eigenvalue weighted by molar-refractivity contribution is 0.518. The van der Waals surface area contributed by atoms with Crippen LogP contribution in [0.15, 0.2) is 42.7 Å². The molecule has 2 rings (SSSR count). The van der Waals surface area contributed by atoms with E-state index in [1.54, 1.807) is 12.3 Å². The minimum absolute atomic E-state index is 0.171. The minimum Gasteiger partial charge on any atom is -0.317 e. The van der Waals surface area contributed by atoms with Crippen LogP contribution in [0.3, 0.4) is 0 Å². The van der Waals surface area contributed by atoms with Gasteiger partial charge in [-0.3, -0.25) is 4.98 Å². The molecule has 4 heteroatoms. The predicted octanol–water partition coefficient (Wildman–Crippen LogP) is 3.64. The molecule has 1 unspecified atom stereocenters. The molecule has 20 heavy (non-hydrogen) atoms. The second kappa shape index (κ2) is 7.36. The third kappa shape index (κ3) is 4.29. The number of aryl methyl sites for hydroxylation is 1. The molecule has 1 aromatic carbocycles. The van der Waals surface area contributed by atoms with Crippen molar-refractivity contribution < 1.29 is 4.39 Å². The summed E-state index contributed by atoms with van der Waals surface area (Å²) < 4.78 is 13.4. The van der Waals surface area contributed by atoms with E-state index in [9.17, 15) is 4.39 Å². The highest BCUT2D eigenvalue weighted by atomic mass is 35.5. The Morgan fingerprint density at radius 1 is 1.30 bits per heavy atom. The average molecular weight is 293 g/mol. The highest BCUT2D eigenvalue weighted by Crippen LogP contribution is 2.17. The van der Waals surface area contributed by atoms with Gasteiger partial charge in [0, 0.05) is 18.4 Å². The van der Waals surface area contributed by atoms with Gasteiger partial charge in [0.2, 0.25) is 0 Å². The van der Waals surface area contributed by atoms with E-state index in [-0.39, 0.29) is 10.8 Å². The molecule has 106 valence electrons. The molecule has 0 radical (unpaired) electrons. The number of hydrogen-bond acceptors (Lipinski definition) is 2. The lowest BCUT2D eigenvalue weighted by Crippen LogP contribution is -2.28. The van der Waals surface area contributed by atoms with Gasteiger partial charge in [0.15, 0.2) is 0 Å². The normalized spacial score (nSPS) is 12.3. The smallest absolute Gasteiger partial charge is 0.142 e. The molecule has 0 saturated heterocycles. The third-order valence-electron chi connectivity index (χ3n) is 3.38. The first-order chi connectivity index (χ1) is 9.69. The average Bonchev–Trinajstić information content (AvgIpc) is 2.48. The molecule has 0 aliphatic heterocycles. The number of nitrogens with zero attached hydrogens (tertiary/aromatic N) is 1. The van der Waals surface area contributed by atoms with Crippen LogP contribution < -0.4 is 5.32 Å². The zero-order valence-electron chi connectivity index (χ0n) is 11.4. The first kappa shape index (κ1) is 14.9. The molecule has 0 amide bonds. The van der Waals surface area contributed by atoms with Crippen LogP contribution >= 0.6 is 11.6 Å². The number of pyridine rings is 1. The molecule has 2 nitrogen and oxygen atoms in total. The summed E-state index contributed by atoms with van der Waals surface area (Å²) >= 11 is 5.69. The van der Waals surface area contributed by atoms with Gasteiger partial charge < -0.3 is 5.32 Å². The zero-order valence-corrected chi connectivity index (χ0v) is 12.2. The van der Waals surface area contributed by atoms with Crippen LogP contribution in [-0.4, -0.2) is 18.1 Å². The molecule has 1 atom stereocenters. The fraction of sp³-hybridized carbons (Fsp3) is 0.312. The van der Waals surface area contributed by atoms with Crippen molar-refractivity contribution in [1.82, 2.24) is 10.3 Å². The van der Waals surface area contributed by atoms with Crippen molar-refractivity contribution in [2.75, 3.05) is 7.05 Å². The Bertz CT molecular complexity index is 545. The largest absolute Gasteiger partial charge is 0.317 e. The molecule has 1 heterocycles. The van der Waals surface area contributed by atoms with Crippen molar-refractivity contribution in [3.8, 4) is 0 Å². The first-order valence-corrected chi connectivity index (χ1v) is 7.07. The summed E-state index contributed by atoms with van der Waals surface area (Å²) in [6.45, 7) is 0. The van der Waals surface area contributed by atoms with Gasteiger partial charge in [-0.2, -0.15) is 0 Å². The van der Waals surface area contributed by atoms with E-state index in [0.717, 1.165) is 24.8 Å². The highest BCUT2D eigenvalue weighted by molar-refractivity contribution is 6.30. The van der Waals surface area contributed by atoms with Gasteiger partial charge in [-0.15, -0.1) is 0 Å². The molecular formula is C16H18ClFN2. The summed E-state index contributed by atoms with van der Waals surface area (Å²) in [7, 11) is 1.93. The fourth-order valence-electron chi connectivity index (χ4n) is 2.19. The van der Waals surface area contributed by atoms with E-state index in [1.807, 2.05) is 25.4 Å². The number of benzene rings is 1. The van der Waals surface area contributed by atoms with Crippen molar-refractivity contribution in [2.24, 2.45) is 0 Å². The molecule has 0 spiro atoms. The molecule has 0 aliphatic carbocycles. The Balaban J connectivity index is 1.93. The molecule has 0 aliphatic rings. The third-order valence-corrected chi connectivity index (χ3v) is 3.69. The van der Waals surface area contributed by atoms with Crippen LogP contribution in [-0.2, 0) is 12.8 Å². The number of nitrogens with one attached hydrogen (secondary N) is 1. The summed E-state index contributed by atoms with van der Waals surface area (Å²) in [5, 5.41) is 3.45. The van der Waals surface area contributed by atoms with Crippen LogP contribution in [0.1, 0.15) is 17.5 Å². The lowest BCUT2D eigenvalue weighted by Gasteiger charge is -2.16. The zero-order chi connectivity index (χ0) is 14.4. The van der Waals surface area contributed by atoms with Gasteiger partial charge in [-0.1, -0.05) is 23.7 Å². The van der Waals surface area contributed by atoms with Crippen molar-refractivity contribution in [3.05, 3.63) is 64.7 Å². The van der Waals surface area contributed by atoms with Gasteiger partial charge in [-0.25, -0.2) is 4.39 Å². The Morgan fingerprint density at radius 3 is 2.80 bits per heavy atom. The topological polar surface area (TPSA) is 24.9 Å². The molecular weight excluding hydrogens is 275 g/mol. The molecule has 0 fully saturated rings. The maximum atomic E-state index is 13.4. The van der Waals surface area contributed by atoms with Gasteiger partial charge >= 0.3 is 0 Å². The predicted molar refractivity (Wildman–Crippen MR) is 80.5 cm³/mol. The maximum absolute atomic E-state index is 13.4. The summed E-state index contributed by atoms with van der Waals surface area (Å²) in [4.78, 5) is 4.11. The Kier molecular flexibility index (Phi) is 5.50. The van der Waals surface area contributed by atoms with Crippen LogP contribution in [0.4, 0.5) is 4.39 Å². The second-order valence-electron chi connectivity index (χ2n) is 4.84. The maximum Gasteiger partial charge on any atom is 0.142 e. The number of aromatic nitrogens is 1. The SMILES string of the molecule is CNC(CCc1cccnc1)Cc1ccc(Cl)c(F)c1. The first-order valence-electron chi connectivity index (χ1n) is 6.69. The Hall–Kier alpha value is -1.45. The van der Waals surface area contributed by atoms with E-state index in [2.05, 4.69) is 16.4 Å². The monoisotopic (exact) mass is 292 g/mol. The molecule has 1 N–H and O–H groups in total. The molecule has 0 bridgehead atoms. The lowest BCUT2D eigenvalue weighted by atomic mass is 10.00. The van der Waals surface area contributed by atoms with Gasteiger partial charge in [0.25, 0.3) is 0 Å². The standard InChI is InChI=1S/C16H18ClFN2/c1-19-14(6-4-12-3-2-8-20-11-12)9-13-5-7-15(17)16(18)10-13/h2-3,5,7-8,10-11,14,19H,4,6,9H2,1H3. The van der Waals surface area contributed by atoms with Crippen molar-refractivity contribution in [2.45, 2.75) is 25.3 Å². The summed E-state index contributed by atoms with van der Waals surface area (Å²) in [6.07, 6.45) is 6.37. The quantitative estimate of drug-likeness (QED) is 0.879. The van der Waals surface area contributed by atoms with Crippen LogP contribution in [0.2, 0.25) is 5.02 Å². The molecule has 1 aromatic heterocycles. The number of halogens is 2. The highest BCUT2D eigenvalue weighted by Gasteiger charge is 2.09. The van der Waals surface area contributed by atoms with Crippen molar-refractivity contribution in [3.63, 3.8) is 0 Å². The van der Waals surface area contributed by atoms with Crippen LogP contribution in [0, 0.1) is 5.82 Å². The second-order valence-corrected chi connectivity index (χ2v) is 5.25. The van der Waals surface area contributed by atoms with Crippen LogP contribution in [0.25, 0.3) is 0 Å². The van der Waals surface area contributed by atoms with Gasteiger partial charge in [0.05, 0.1) is 5.02 Å². The van der Waals surface area contributed by atoms with Crippen molar-refractivity contribution >= 4 is 11.6 Å². The molecule has 0 saturated carbocycles. The molecule has 2 aromatic rings. The summed E-state index contributed by atoms with van der Waals surface area (Å²) in [6, 6.07) is 9.31. The summed E-state index contributed by atoms with van der Waals surface area (Å²) in [5.41, 5.74) is 2.17. The number of hydrogen-bond donors (Lipinski definition) is 1.